The molecule has 8 heteroatoms. The first-order valence-electron chi connectivity index (χ1n) is 6.09. The molecule has 1 aromatic carbocycles. The summed E-state index contributed by atoms with van der Waals surface area (Å²) in [6, 6.07) is 6.27. The van der Waals surface area contributed by atoms with Crippen LogP contribution in [0.3, 0.4) is 0 Å². The molecule has 0 bridgehead atoms. The van der Waals surface area contributed by atoms with Gasteiger partial charge in [0, 0.05) is 29.8 Å². The molecule has 0 radical (unpaired) electrons. The summed E-state index contributed by atoms with van der Waals surface area (Å²) in [6.45, 7) is 0.599. The molecule has 0 aliphatic carbocycles. The molecule has 0 saturated carbocycles. The quantitative estimate of drug-likeness (QED) is 0.718. The van der Waals surface area contributed by atoms with Crippen molar-refractivity contribution in [2.75, 3.05) is 0 Å². The van der Waals surface area contributed by atoms with Crippen LogP contribution in [-0.2, 0) is 6.54 Å². The summed E-state index contributed by atoms with van der Waals surface area (Å²) >= 11 is 0. The second-order valence-electron chi connectivity index (χ2n) is 4.40. The lowest BCUT2D eigenvalue weighted by molar-refractivity contribution is 0.151. The fourth-order valence-corrected chi connectivity index (χ4v) is 1.97. The van der Waals surface area contributed by atoms with E-state index in [0.717, 1.165) is 5.69 Å². The van der Waals surface area contributed by atoms with E-state index in [1.807, 2.05) is 17.0 Å². The Balaban J connectivity index is 0.00000121. The van der Waals surface area contributed by atoms with Crippen LogP contribution in [0.4, 0.5) is 8.78 Å². The highest BCUT2D eigenvalue weighted by Crippen LogP contribution is 2.21. The van der Waals surface area contributed by atoms with Crippen LogP contribution < -0.4 is 0 Å². The molecule has 0 saturated heterocycles. The summed E-state index contributed by atoms with van der Waals surface area (Å²) in [6.07, 6.45) is 6.22. The summed E-state index contributed by atoms with van der Waals surface area (Å²) in [5.74, 6) is 0. The number of aromatic nitrogens is 4. The van der Waals surface area contributed by atoms with Crippen LogP contribution in [0.2, 0.25) is 0 Å². The molecule has 0 N–H and O–H groups in total. The van der Waals surface area contributed by atoms with Gasteiger partial charge in [0.2, 0.25) is 0 Å². The van der Waals surface area contributed by atoms with Crippen molar-refractivity contribution >= 4 is 24.8 Å². The number of rotatable bonds is 4. The molecule has 0 fully saturated rings. The van der Waals surface area contributed by atoms with Gasteiger partial charge in [-0.15, -0.1) is 24.8 Å². The molecule has 0 spiro atoms. The zero-order valence-electron chi connectivity index (χ0n) is 11.3. The topological polar surface area (TPSA) is 35.6 Å². The van der Waals surface area contributed by atoms with Crippen LogP contribution in [0.1, 0.15) is 17.7 Å². The van der Waals surface area contributed by atoms with Crippen LogP contribution in [0, 0.1) is 0 Å². The third-order valence-electron chi connectivity index (χ3n) is 2.96. The van der Waals surface area contributed by atoms with Crippen molar-refractivity contribution in [1.82, 2.24) is 19.1 Å². The van der Waals surface area contributed by atoms with E-state index >= 15 is 0 Å². The van der Waals surface area contributed by atoms with Gasteiger partial charge in [-0.2, -0.15) is 0 Å². The number of imidazole rings is 2. The van der Waals surface area contributed by atoms with E-state index in [4.69, 9.17) is 0 Å². The molecule has 0 aliphatic heterocycles. The molecule has 3 rings (SSSR count). The van der Waals surface area contributed by atoms with E-state index in [1.165, 1.54) is 12.1 Å². The Morgan fingerprint density at radius 1 is 1.14 bits per heavy atom. The van der Waals surface area contributed by atoms with Gasteiger partial charge in [-0.1, -0.05) is 12.1 Å². The summed E-state index contributed by atoms with van der Waals surface area (Å²) in [4.78, 5) is 8.23. The van der Waals surface area contributed by atoms with E-state index in [-0.39, 0.29) is 30.4 Å². The van der Waals surface area contributed by atoms with Gasteiger partial charge >= 0.3 is 0 Å². The summed E-state index contributed by atoms with van der Waals surface area (Å²) in [5.41, 5.74) is 1.52. The molecule has 0 atom stereocenters. The smallest absolute Gasteiger partial charge is 0.263 e. The highest BCUT2D eigenvalue weighted by Gasteiger charge is 2.08. The molecular weight excluding hydrogens is 333 g/mol. The Labute approximate surface area is 138 Å². The number of hydrogen-bond acceptors (Lipinski definition) is 2. The average Bonchev–Trinajstić information content (AvgIpc) is 3.11. The fraction of sp³-hybridized carbons (Fsp3) is 0.143. The third-order valence-corrected chi connectivity index (χ3v) is 2.96. The fourth-order valence-electron chi connectivity index (χ4n) is 1.97. The van der Waals surface area contributed by atoms with Gasteiger partial charge in [-0.3, -0.25) is 0 Å². The first-order chi connectivity index (χ1) is 9.72. The molecule has 2 aromatic heterocycles. The van der Waals surface area contributed by atoms with Crippen molar-refractivity contribution in [3.63, 3.8) is 0 Å². The van der Waals surface area contributed by atoms with E-state index < -0.39 is 6.43 Å². The minimum atomic E-state index is -2.47. The Morgan fingerprint density at radius 3 is 2.64 bits per heavy atom. The minimum Gasteiger partial charge on any atom is -0.331 e. The van der Waals surface area contributed by atoms with Gasteiger partial charge in [0.05, 0.1) is 24.9 Å². The Hall–Kier alpha value is -1.92. The highest BCUT2D eigenvalue weighted by atomic mass is 35.5. The van der Waals surface area contributed by atoms with Gasteiger partial charge in [-0.25, -0.2) is 18.7 Å². The summed E-state index contributed by atoms with van der Waals surface area (Å²) < 4.78 is 29.0. The summed E-state index contributed by atoms with van der Waals surface area (Å²) in [7, 11) is 0. The summed E-state index contributed by atoms with van der Waals surface area (Å²) in [5, 5.41) is 0. The lowest BCUT2D eigenvalue weighted by Gasteiger charge is -2.05. The zero-order chi connectivity index (χ0) is 13.9. The molecule has 22 heavy (non-hydrogen) atoms. The van der Waals surface area contributed by atoms with Gasteiger partial charge in [0.1, 0.15) is 0 Å². The number of halogens is 4. The first-order valence-corrected chi connectivity index (χ1v) is 6.09. The van der Waals surface area contributed by atoms with Crippen LogP contribution in [0.25, 0.3) is 5.69 Å². The molecule has 0 amide bonds. The number of nitrogens with zero attached hydrogens (tertiary/aromatic N) is 4. The maximum atomic E-state index is 12.7. The lowest BCUT2D eigenvalue weighted by Crippen LogP contribution is -1.96. The van der Waals surface area contributed by atoms with Gasteiger partial charge < -0.3 is 9.13 Å². The van der Waals surface area contributed by atoms with Crippen LogP contribution in [0.15, 0.2) is 55.5 Å². The number of benzene rings is 1. The van der Waals surface area contributed by atoms with E-state index in [1.54, 1.807) is 35.6 Å². The van der Waals surface area contributed by atoms with Crippen molar-refractivity contribution in [3.05, 3.63) is 66.8 Å². The highest BCUT2D eigenvalue weighted by molar-refractivity contribution is 5.85. The number of alkyl halides is 2. The van der Waals surface area contributed by atoms with Crippen LogP contribution in [-0.4, -0.2) is 19.1 Å². The standard InChI is InChI=1S/C14H12F2N4.2ClH/c15-14(16)11-2-1-3-13(6-11)20-8-12(18-10-20)7-19-5-4-17-9-19;;/h1-6,8-10,14H,7H2;2*1H. The predicted octanol–water partition coefficient (Wildman–Crippen LogP) is 3.90. The van der Waals surface area contributed by atoms with E-state index in [0.29, 0.717) is 12.2 Å². The molecular formula is C14H14Cl2F2N4. The van der Waals surface area contributed by atoms with Gasteiger partial charge in [-0.05, 0) is 12.1 Å². The molecule has 0 aliphatic rings. The Bertz CT molecular complexity index is 698. The average molecular weight is 347 g/mol. The van der Waals surface area contributed by atoms with Crippen molar-refractivity contribution in [2.24, 2.45) is 0 Å². The lowest BCUT2D eigenvalue weighted by atomic mass is 10.2. The van der Waals surface area contributed by atoms with Crippen molar-refractivity contribution < 1.29 is 8.78 Å². The predicted molar refractivity (Wildman–Crippen MR) is 84.3 cm³/mol. The Kier molecular flexibility index (Phi) is 6.52. The van der Waals surface area contributed by atoms with Crippen molar-refractivity contribution in [3.8, 4) is 5.69 Å². The normalized spacial score (nSPS) is 10.1. The maximum absolute atomic E-state index is 12.7. The Morgan fingerprint density at radius 2 is 1.95 bits per heavy atom. The second kappa shape index (κ2) is 7.91. The third kappa shape index (κ3) is 4.05. The number of hydrogen-bond donors (Lipinski definition) is 0. The molecule has 2 heterocycles. The maximum Gasteiger partial charge on any atom is 0.263 e. The molecule has 118 valence electrons. The largest absolute Gasteiger partial charge is 0.331 e. The van der Waals surface area contributed by atoms with Gasteiger partial charge in [0.15, 0.2) is 0 Å². The molecule has 4 nitrogen and oxygen atoms in total. The molecule has 3 aromatic rings. The van der Waals surface area contributed by atoms with Crippen LogP contribution in [0.5, 0.6) is 0 Å². The molecule has 0 unspecified atom stereocenters. The second-order valence-corrected chi connectivity index (χ2v) is 4.40. The minimum absolute atomic E-state index is 0. The zero-order valence-corrected chi connectivity index (χ0v) is 13.0. The SMILES string of the molecule is Cl.Cl.FC(F)c1cccc(-n2cnc(Cn3ccnc3)c2)c1. The first kappa shape index (κ1) is 18.1. The van der Waals surface area contributed by atoms with E-state index in [9.17, 15) is 8.78 Å². The van der Waals surface area contributed by atoms with Crippen molar-refractivity contribution in [2.45, 2.75) is 13.0 Å². The van der Waals surface area contributed by atoms with Crippen molar-refractivity contribution in [1.29, 1.82) is 0 Å². The monoisotopic (exact) mass is 346 g/mol. The van der Waals surface area contributed by atoms with E-state index in [2.05, 4.69) is 9.97 Å². The van der Waals surface area contributed by atoms with Crippen LogP contribution >= 0.6 is 24.8 Å². The van der Waals surface area contributed by atoms with Gasteiger partial charge in [0.25, 0.3) is 6.43 Å².